The maximum Gasteiger partial charge on any atom is 0.416 e. The predicted octanol–water partition coefficient (Wildman–Crippen LogP) is 4.34. The minimum absolute atomic E-state index is 0.0794. The zero-order valence-electron chi connectivity index (χ0n) is 17.7. The van der Waals surface area contributed by atoms with E-state index in [1.807, 2.05) is 0 Å². The van der Waals surface area contributed by atoms with Crippen molar-refractivity contribution in [1.82, 2.24) is 9.78 Å². The van der Waals surface area contributed by atoms with Gasteiger partial charge in [0.1, 0.15) is 11.6 Å². The average Bonchev–Trinajstić information content (AvgIpc) is 3.37. The Labute approximate surface area is 187 Å². The zero-order valence-corrected chi connectivity index (χ0v) is 17.7. The van der Waals surface area contributed by atoms with Crippen LogP contribution < -0.4 is 15.0 Å². The molecule has 0 bridgehead atoms. The second-order valence-corrected chi connectivity index (χ2v) is 7.61. The van der Waals surface area contributed by atoms with Gasteiger partial charge in [0.2, 0.25) is 5.91 Å². The minimum atomic E-state index is -4.49. The maximum atomic E-state index is 13.1. The summed E-state index contributed by atoms with van der Waals surface area (Å²) in [6.07, 6.45) is -3.13. The van der Waals surface area contributed by atoms with Crippen LogP contribution in [0.1, 0.15) is 24.1 Å². The molecule has 3 aromatic rings. The van der Waals surface area contributed by atoms with Crippen LogP contribution in [0.25, 0.3) is 5.69 Å². The van der Waals surface area contributed by atoms with Crippen molar-refractivity contribution in [2.24, 2.45) is 0 Å². The van der Waals surface area contributed by atoms with Gasteiger partial charge >= 0.3 is 6.18 Å². The van der Waals surface area contributed by atoms with Gasteiger partial charge in [0.05, 0.1) is 16.9 Å². The molecule has 0 saturated carbocycles. The summed E-state index contributed by atoms with van der Waals surface area (Å²) in [7, 11) is 0. The standard InChI is InChI=1S/C23H21F3N4O3/c1-15-12-20(30(28-15)18-5-2-4-16(13-18)23(24,25)26)27-21(31)14-33-19-9-7-17(8-10-19)29-11-3-6-22(29)32/h2,4-5,7-10,12-13H,3,6,11,14H2,1H3,(H,27,31). The first-order valence-electron chi connectivity index (χ1n) is 10.3. The van der Waals surface area contributed by atoms with Gasteiger partial charge in [-0.1, -0.05) is 6.07 Å². The third-order valence-electron chi connectivity index (χ3n) is 5.11. The fraction of sp³-hybridized carbons (Fsp3) is 0.261. The van der Waals surface area contributed by atoms with E-state index in [4.69, 9.17) is 4.74 Å². The zero-order chi connectivity index (χ0) is 23.6. The van der Waals surface area contributed by atoms with Crippen molar-refractivity contribution in [1.29, 1.82) is 0 Å². The molecule has 1 N–H and O–H groups in total. The number of anilines is 2. The first-order valence-corrected chi connectivity index (χ1v) is 10.3. The van der Waals surface area contributed by atoms with E-state index in [0.29, 0.717) is 24.4 Å². The van der Waals surface area contributed by atoms with Crippen LogP contribution >= 0.6 is 0 Å². The van der Waals surface area contributed by atoms with Crippen LogP contribution in [0.3, 0.4) is 0 Å². The molecule has 0 radical (unpaired) electrons. The van der Waals surface area contributed by atoms with E-state index in [9.17, 15) is 22.8 Å². The first kappa shape index (κ1) is 22.4. The van der Waals surface area contributed by atoms with Crippen molar-refractivity contribution in [2.75, 3.05) is 23.4 Å². The third kappa shape index (κ3) is 5.16. The summed E-state index contributed by atoms with van der Waals surface area (Å²) in [5.74, 6) is 0.254. The van der Waals surface area contributed by atoms with Crippen molar-refractivity contribution < 1.29 is 27.5 Å². The maximum absolute atomic E-state index is 13.1. The molecule has 0 atom stereocenters. The lowest BCUT2D eigenvalue weighted by Crippen LogP contribution is -2.23. The lowest BCUT2D eigenvalue weighted by Gasteiger charge is -2.16. The number of alkyl halides is 3. The summed E-state index contributed by atoms with van der Waals surface area (Å²) in [4.78, 5) is 25.9. The number of benzene rings is 2. The topological polar surface area (TPSA) is 76.5 Å². The number of aryl methyl sites for hydroxylation is 1. The summed E-state index contributed by atoms with van der Waals surface area (Å²) in [6, 6.07) is 13.1. The number of hydrogen-bond acceptors (Lipinski definition) is 4. The van der Waals surface area contributed by atoms with E-state index in [-0.39, 0.29) is 24.0 Å². The smallest absolute Gasteiger partial charge is 0.416 e. The summed E-state index contributed by atoms with van der Waals surface area (Å²) < 4.78 is 45.9. The van der Waals surface area contributed by atoms with Gasteiger partial charge < -0.3 is 15.0 Å². The van der Waals surface area contributed by atoms with E-state index in [2.05, 4.69) is 10.4 Å². The normalized spacial score (nSPS) is 13.9. The summed E-state index contributed by atoms with van der Waals surface area (Å²) in [6.45, 7) is 2.04. The molecule has 4 rings (SSSR count). The molecule has 1 aromatic heterocycles. The molecule has 0 spiro atoms. The number of nitrogens with zero attached hydrogens (tertiary/aromatic N) is 3. The van der Waals surface area contributed by atoms with Crippen LogP contribution in [-0.4, -0.2) is 34.7 Å². The van der Waals surface area contributed by atoms with Gasteiger partial charge in [0.15, 0.2) is 6.61 Å². The second-order valence-electron chi connectivity index (χ2n) is 7.61. The molecule has 1 saturated heterocycles. The van der Waals surface area contributed by atoms with Crippen molar-refractivity contribution in [3.8, 4) is 11.4 Å². The highest BCUT2D eigenvalue weighted by atomic mass is 19.4. The van der Waals surface area contributed by atoms with Crippen molar-refractivity contribution in [2.45, 2.75) is 25.9 Å². The van der Waals surface area contributed by atoms with Gasteiger partial charge in [-0.05, 0) is 55.8 Å². The molecule has 7 nitrogen and oxygen atoms in total. The van der Waals surface area contributed by atoms with E-state index >= 15 is 0 Å². The van der Waals surface area contributed by atoms with Crippen LogP contribution in [0, 0.1) is 6.92 Å². The van der Waals surface area contributed by atoms with Gasteiger partial charge in [-0.2, -0.15) is 18.3 Å². The van der Waals surface area contributed by atoms with Gasteiger partial charge in [-0.3, -0.25) is 9.59 Å². The van der Waals surface area contributed by atoms with E-state index in [0.717, 1.165) is 24.2 Å². The van der Waals surface area contributed by atoms with Gasteiger partial charge in [-0.25, -0.2) is 4.68 Å². The number of rotatable bonds is 6. The number of aromatic nitrogens is 2. The SMILES string of the molecule is Cc1cc(NC(=O)COc2ccc(N3CCCC3=O)cc2)n(-c2cccc(C(F)(F)F)c2)n1. The third-order valence-corrected chi connectivity index (χ3v) is 5.11. The first-order chi connectivity index (χ1) is 15.7. The Balaban J connectivity index is 1.41. The summed E-state index contributed by atoms with van der Waals surface area (Å²) in [5.41, 5.74) is 0.652. The Morgan fingerprint density at radius 2 is 1.88 bits per heavy atom. The molecule has 10 heteroatoms. The van der Waals surface area contributed by atoms with Crippen LogP contribution in [0.4, 0.5) is 24.7 Å². The van der Waals surface area contributed by atoms with Crippen LogP contribution in [0.2, 0.25) is 0 Å². The van der Waals surface area contributed by atoms with E-state index < -0.39 is 17.6 Å². The highest BCUT2D eigenvalue weighted by Gasteiger charge is 2.30. The second kappa shape index (κ2) is 8.97. The quantitative estimate of drug-likeness (QED) is 0.596. The lowest BCUT2D eigenvalue weighted by molar-refractivity contribution is -0.137. The molecule has 0 aliphatic carbocycles. The number of carbonyl (C=O) groups excluding carboxylic acids is 2. The molecule has 172 valence electrons. The molecule has 1 aliphatic heterocycles. The number of halogens is 3. The average molecular weight is 458 g/mol. The number of amides is 2. The van der Waals surface area contributed by atoms with Crippen LogP contribution in [0.5, 0.6) is 5.75 Å². The van der Waals surface area contributed by atoms with Crippen molar-refractivity contribution >= 4 is 23.3 Å². The number of carbonyl (C=O) groups is 2. The molecule has 2 heterocycles. The molecular weight excluding hydrogens is 437 g/mol. The van der Waals surface area contributed by atoms with Gasteiger partial charge in [0.25, 0.3) is 5.91 Å². The summed E-state index contributed by atoms with van der Waals surface area (Å²) in [5, 5.41) is 6.81. The van der Waals surface area contributed by atoms with Crippen molar-refractivity contribution in [3.05, 3.63) is 65.9 Å². The lowest BCUT2D eigenvalue weighted by atomic mass is 10.2. The fourth-order valence-corrected chi connectivity index (χ4v) is 3.57. The highest BCUT2D eigenvalue weighted by Crippen LogP contribution is 2.31. The van der Waals surface area contributed by atoms with Crippen LogP contribution in [0.15, 0.2) is 54.6 Å². The number of nitrogens with one attached hydrogen (secondary N) is 1. The van der Waals surface area contributed by atoms with E-state index in [1.54, 1.807) is 42.2 Å². The molecule has 1 fully saturated rings. The van der Waals surface area contributed by atoms with Gasteiger partial charge in [-0.15, -0.1) is 0 Å². The summed E-state index contributed by atoms with van der Waals surface area (Å²) >= 11 is 0. The Morgan fingerprint density at radius 3 is 2.55 bits per heavy atom. The molecule has 1 aliphatic rings. The Bertz CT molecular complexity index is 1170. The highest BCUT2D eigenvalue weighted by molar-refractivity contribution is 5.95. The minimum Gasteiger partial charge on any atom is -0.484 e. The monoisotopic (exact) mass is 458 g/mol. The molecule has 2 aromatic carbocycles. The van der Waals surface area contributed by atoms with E-state index in [1.165, 1.54) is 16.8 Å². The molecule has 2 amide bonds. The Morgan fingerprint density at radius 1 is 1.12 bits per heavy atom. The Kier molecular flexibility index (Phi) is 6.08. The Hall–Kier alpha value is -3.82. The fourth-order valence-electron chi connectivity index (χ4n) is 3.57. The number of hydrogen-bond donors (Lipinski definition) is 1. The molecule has 0 unspecified atom stereocenters. The van der Waals surface area contributed by atoms with Gasteiger partial charge in [0, 0.05) is 24.7 Å². The molecular formula is C23H21F3N4O3. The predicted molar refractivity (Wildman–Crippen MR) is 115 cm³/mol. The van der Waals surface area contributed by atoms with Crippen molar-refractivity contribution in [3.63, 3.8) is 0 Å². The number of ether oxygens (including phenoxy) is 1. The molecule has 33 heavy (non-hydrogen) atoms. The van der Waals surface area contributed by atoms with Crippen LogP contribution in [-0.2, 0) is 15.8 Å². The largest absolute Gasteiger partial charge is 0.484 e.